The van der Waals surface area contributed by atoms with Crippen molar-refractivity contribution >= 4 is 16.0 Å². The maximum atomic E-state index is 13.1. The minimum absolute atomic E-state index is 0.0666. The molecule has 0 aliphatic carbocycles. The fraction of sp³-hybridized carbons (Fsp3) is 0.462. The second-order valence-corrected chi connectivity index (χ2v) is 6.25. The normalized spacial score (nSPS) is 11.5. The first-order chi connectivity index (χ1) is 9.33. The number of hydrogen-bond donors (Lipinski definition) is 2. The number of aryl methyl sites for hydroxylation is 1. The standard InChI is InChI=1S/C13H18FNO4S/c1-10-6-7-11(14)9-12(10)20(18,19)15-8-4-2-3-5-13(16)17/h6-7,9,15H,2-5,8H2,1H3,(H,16,17). The Hall–Kier alpha value is -1.47. The molecule has 0 unspecified atom stereocenters. The molecule has 0 amide bonds. The monoisotopic (exact) mass is 303 g/mol. The lowest BCUT2D eigenvalue weighted by Gasteiger charge is -2.09. The Morgan fingerprint density at radius 2 is 2.00 bits per heavy atom. The molecule has 0 spiro atoms. The Morgan fingerprint density at radius 1 is 1.30 bits per heavy atom. The van der Waals surface area contributed by atoms with Crippen molar-refractivity contribution in [2.75, 3.05) is 6.54 Å². The first-order valence-electron chi connectivity index (χ1n) is 6.30. The summed E-state index contributed by atoms with van der Waals surface area (Å²) < 4.78 is 39.4. The van der Waals surface area contributed by atoms with Crippen molar-refractivity contribution in [2.45, 2.75) is 37.5 Å². The molecular weight excluding hydrogens is 285 g/mol. The lowest BCUT2D eigenvalue weighted by Crippen LogP contribution is -2.25. The number of benzene rings is 1. The summed E-state index contributed by atoms with van der Waals surface area (Å²) in [5, 5.41) is 8.46. The molecule has 0 aromatic heterocycles. The Kier molecular flexibility index (Phi) is 6.09. The SMILES string of the molecule is Cc1ccc(F)cc1S(=O)(=O)NCCCCCC(=O)O. The molecule has 1 aromatic carbocycles. The Balaban J connectivity index is 2.50. The summed E-state index contributed by atoms with van der Waals surface area (Å²) >= 11 is 0. The molecule has 1 aromatic rings. The summed E-state index contributed by atoms with van der Waals surface area (Å²) in [6.45, 7) is 1.80. The number of halogens is 1. The zero-order chi connectivity index (χ0) is 15.2. The van der Waals surface area contributed by atoms with Crippen LogP contribution in [0.2, 0.25) is 0 Å². The number of carboxylic acids is 1. The molecule has 0 saturated carbocycles. The van der Waals surface area contributed by atoms with Crippen LogP contribution in [0.5, 0.6) is 0 Å². The van der Waals surface area contributed by atoms with E-state index >= 15 is 0 Å². The highest BCUT2D eigenvalue weighted by Crippen LogP contribution is 2.16. The van der Waals surface area contributed by atoms with Gasteiger partial charge in [-0.1, -0.05) is 12.5 Å². The molecule has 0 radical (unpaired) electrons. The Labute approximate surface area is 117 Å². The van der Waals surface area contributed by atoms with Crippen LogP contribution in [0.25, 0.3) is 0 Å². The van der Waals surface area contributed by atoms with Crippen LogP contribution < -0.4 is 4.72 Å². The van der Waals surface area contributed by atoms with Gasteiger partial charge in [0.2, 0.25) is 10.0 Å². The van der Waals surface area contributed by atoms with Gasteiger partial charge in [-0.25, -0.2) is 17.5 Å². The molecule has 20 heavy (non-hydrogen) atoms. The van der Waals surface area contributed by atoms with Crippen molar-refractivity contribution in [3.63, 3.8) is 0 Å². The third-order valence-corrected chi connectivity index (χ3v) is 4.40. The van der Waals surface area contributed by atoms with E-state index in [0.717, 1.165) is 6.07 Å². The van der Waals surface area contributed by atoms with Crippen molar-refractivity contribution in [2.24, 2.45) is 0 Å². The highest BCUT2D eigenvalue weighted by Gasteiger charge is 2.16. The molecule has 0 aliphatic rings. The summed E-state index contributed by atoms with van der Waals surface area (Å²) in [6.07, 6.45) is 1.75. The van der Waals surface area contributed by atoms with E-state index in [2.05, 4.69) is 4.72 Å². The number of carbonyl (C=O) groups is 1. The number of hydrogen-bond acceptors (Lipinski definition) is 3. The van der Waals surface area contributed by atoms with Gasteiger partial charge in [0.15, 0.2) is 0 Å². The summed E-state index contributed by atoms with van der Waals surface area (Å²) in [4.78, 5) is 10.2. The number of rotatable bonds is 8. The van der Waals surface area contributed by atoms with Gasteiger partial charge in [0, 0.05) is 13.0 Å². The molecule has 0 aliphatic heterocycles. The molecule has 0 fully saturated rings. The van der Waals surface area contributed by atoms with E-state index in [1.807, 2.05) is 0 Å². The fourth-order valence-corrected chi connectivity index (χ4v) is 3.05. The number of carboxylic acid groups (broad SMARTS) is 1. The van der Waals surface area contributed by atoms with Crippen LogP contribution in [-0.2, 0) is 14.8 Å². The van der Waals surface area contributed by atoms with Crippen LogP contribution in [-0.4, -0.2) is 26.0 Å². The zero-order valence-corrected chi connectivity index (χ0v) is 12.0. The van der Waals surface area contributed by atoms with Crippen LogP contribution in [0.15, 0.2) is 23.1 Å². The highest BCUT2D eigenvalue weighted by atomic mass is 32.2. The van der Waals surface area contributed by atoms with E-state index < -0.39 is 21.8 Å². The number of unbranched alkanes of at least 4 members (excludes halogenated alkanes) is 2. The summed E-state index contributed by atoms with van der Waals surface area (Å²) in [7, 11) is -3.72. The van der Waals surface area contributed by atoms with E-state index in [1.54, 1.807) is 6.92 Å². The van der Waals surface area contributed by atoms with E-state index in [0.29, 0.717) is 24.8 Å². The first kappa shape index (κ1) is 16.6. The van der Waals surface area contributed by atoms with E-state index in [1.165, 1.54) is 12.1 Å². The van der Waals surface area contributed by atoms with Crippen LogP contribution in [0.3, 0.4) is 0 Å². The molecule has 0 heterocycles. The van der Waals surface area contributed by atoms with Crippen molar-refractivity contribution in [1.82, 2.24) is 4.72 Å². The second-order valence-electron chi connectivity index (χ2n) is 4.51. The van der Waals surface area contributed by atoms with Gasteiger partial charge < -0.3 is 5.11 Å². The highest BCUT2D eigenvalue weighted by molar-refractivity contribution is 7.89. The van der Waals surface area contributed by atoms with Crippen LogP contribution >= 0.6 is 0 Å². The van der Waals surface area contributed by atoms with E-state index in [9.17, 15) is 17.6 Å². The average molecular weight is 303 g/mol. The minimum Gasteiger partial charge on any atom is -0.481 e. The minimum atomic E-state index is -3.72. The van der Waals surface area contributed by atoms with Crippen molar-refractivity contribution < 1.29 is 22.7 Å². The van der Waals surface area contributed by atoms with Gasteiger partial charge in [-0.15, -0.1) is 0 Å². The predicted octanol–water partition coefficient (Wildman–Crippen LogP) is 2.06. The van der Waals surface area contributed by atoms with Crippen molar-refractivity contribution in [3.8, 4) is 0 Å². The molecule has 0 saturated heterocycles. The fourth-order valence-electron chi connectivity index (χ4n) is 1.73. The van der Waals surface area contributed by atoms with Gasteiger partial charge in [-0.2, -0.15) is 0 Å². The Morgan fingerprint density at radius 3 is 2.65 bits per heavy atom. The molecule has 5 nitrogen and oxygen atoms in total. The summed E-state index contributed by atoms with van der Waals surface area (Å²) in [6, 6.07) is 3.61. The maximum Gasteiger partial charge on any atom is 0.303 e. The zero-order valence-electron chi connectivity index (χ0n) is 11.2. The molecule has 7 heteroatoms. The van der Waals surface area contributed by atoms with Gasteiger partial charge in [-0.05, 0) is 37.5 Å². The predicted molar refractivity (Wildman–Crippen MR) is 72.4 cm³/mol. The summed E-state index contributed by atoms with van der Waals surface area (Å²) in [5.41, 5.74) is 0.477. The Bertz CT molecular complexity index is 572. The second kappa shape index (κ2) is 7.35. The van der Waals surface area contributed by atoms with Crippen LogP contribution in [0.1, 0.15) is 31.2 Å². The lowest BCUT2D eigenvalue weighted by molar-refractivity contribution is -0.137. The smallest absolute Gasteiger partial charge is 0.303 e. The summed E-state index contributed by atoms with van der Waals surface area (Å²) in [5.74, 6) is -1.46. The van der Waals surface area contributed by atoms with Crippen LogP contribution in [0, 0.1) is 12.7 Å². The van der Waals surface area contributed by atoms with Gasteiger partial charge in [0.05, 0.1) is 4.90 Å². The van der Waals surface area contributed by atoms with Gasteiger partial charge >= 0.3 is 5.97 Å². The molecule has 0 atom stereocenters. The molecule has 2 N–H and O–H groups in total. The largest absolute Gasteiger partial charge is 0.481 e. The molecule has 0 bridgehead atoms. The number of sulfonamides is 1. The lowest BCUT2D eigenvalue weighted by atomic mass is 10.2. The van der Waals surface area contributed by atoms with Crippen molar-refractivity contribution in [1.29, 1.82) is 0 Å². The third kappa shape index (κ3) is 5.26. The van der Waals surface area contributed by atoms with E-state index in [4.69, 9.17) is 5.11 Å². The first-order valence-corrected chi connectivity index (χ1v) is 7.79. The third-order valence-electron chi connectivity index (χ3n) is 2.80. The quantitative estimate of drug-likeness (QED) is 0.720. The topological polar surface area (TPSA) is 83.5 Å². The number of nitrogens with one attached hydrogen (secondary N) is 1. The number of aliphatic carboxylic acids is 1. The molecular formula is C13H18FNO4S. The molecule has 112 valence electrons. The van der Waals surface area contributed by atoms with Crippen molar-refractivity contribution in [3.05, 3.63) is 29.6 Å². The molecule has 1 rings (SSSR count). The maximum absolute atomic E-state index is 13.1. The van der Waals surface area contributed by atoms with Gasteiger partial charge in [0.1, 0.15) is 5.82 Å². The van der Waals surface area contributed by atoms with Crippen LogP contribution in [0.4, 0.5) is 4.39 Å². The van der Waals surface area contributed by atoms with Gasteiger partial charge in [0.25, 0.3) is 0 Å². The average Bonchev–Trinajstić information content (AvgIpc) is 2.36. The van der Waals surface area contributed by atoms with Gasteiger partial charge in [-0.3, -0.25) is 4.79 Å². The van der Waals surface area contributed by atoms with E-state index in [-0.39, 0.29) is 17.9 Å².